The highest BCUT2D eigenvalue weighted by atomic mass is 32.2. The molecule has 0 aliphatic heterocycles. The first-order chi connectivity index (χ1) is 10.1. The van der Waals surface area contributed by atoms with Crippen LogP contribution in [0, 0.1) is 0 Å². The summed E-state index contributed by atoms with van der Waals surface area (Å²) < 4.78 is 31.5. The molecule has 0 saturated heterocycles. The first-order valence-corrected chi connectivity index (χ1v) is 8.06. The zero-order valence-electron chi connectivity index (χ0n) is 11.4. The average molecular weight is 307 g/mol. The fourth-order valence-electron chi connectivity index (χ4n) is 1.63. The molecule has 0 aliphatic rings. The van der Waals surface area contributed by atoms with Crippen molar-refractivity contribution >= 4 is 15.7 Å². The van der Waals surface area contributed by atoms with Crippen molar-refractivity contribution in [3.63, 3.8) is 0 Å². The van der Waals surface area contributed by atoms with E-state index >= 15 is 0 Å². The van der Waals surface area contributed by atoms with Crippen LogP contribution >= 0.6 is 0 Å². The maximum absolute atomic E-state index is 11.8. The number of nitrogens with two attached hydrogens (primary N) is 1. The molecular weight excluding hydrogens is 290 g/mol. The Morgan fingerprint density at radius 2 is 2.05 bits per heavy atom. The molecule has 0 bridgehead atoms. The zero-order valence-corrected chi connectivity index (χ0v) is 12.2. The predicted octanol–water partition coefficient (Wildman–Crippen LogP) is 1.16. The van der Waals surface area contributed by atoms with Gasteiger partial charge in [-0.2, -0.15) is 0 Å². The fraction of sp³-hybridized carbons (Fsp3) is 0.214. The second-order valence-corrected chi connectivity index (χ2v) is 6.31. The molecule has 7 heteroatoms. The Bertz CT molecular complexity index is 675. The van der Waals surface area contributed by atoms with Gasteiger partial charge in [0.1, 0.15) is 12.4 Å². The van der Waals surface area contributed by atoms with Gasteiger partial charge in [-0.25, -0.2) is 13.1 Å². The van der Waals surface area contributed by atoms with Crippen molar-refractivity contribution in [1.29, 1.82) is 0 Å². The van der Waals surface area contributed by atoms with Gasteiger partial charge in [0.25, 0.3) is 0 Å². The number of hydrogen-bond acceptors (Lipinski definition) is 5. The second kappa shape index (κ2) is 7.05. The third-order valence-corrected chi connectivity index (χ3v) is 3.97. The van der Waals surface area contributed by atoms with Crippen molar-refractivity contribution in [3.8, 4) is 5.75 Å². The quantitative estimate of drug-likeness (QED) is 0.749. The lowest BCUT2D eigenvalue weighted by atomic mass is 10.3. The number of nitrogen functional groups attached to an aromatic ring is 1. The van der Waals surface area contributed by atoms with Gasteiger partial charge in [0, 0.05) is 18.0 Å². The number of sulfonamides is 1. The van der Waals surface area contributed by atoms with E-state index in [1.165, 1.54) is 0 Å². The van der Waals surface area contributed by atoms with Crippen LogP contribution in [0.25, 0.3) is 0 Å². The molecule has 3 N–H and O–H groups in total. The van der Waals surface area contributed by atoms with Gasteiger partial charge in [-0.15, -0.1) is 0 Å². The monoisotopic (exact) mass is 307 g/mol. The topological polar surface area (TPSA) is 94.3 Å². The summed E-state index contributed by atoms with van der Waals surface area (Å²) in [6, 6.07) is 12.2. The lowest BCUT2D eigenvalue weighted by Gasteiger charge is -2.08. The number of pyridine rings is 1. The van der Waals surface area contributed by atoms with Gasteiger partial charge >= 0.3 is 0 Å². The number of rotatable bonds is 7. The van der Waals surface area contributed by atoms with E-state index in [0.717, 1.165) is 0 Å². The molecule has 0 unspecified atom stereocenters. The minimum atomic E-state index is -3.41. The van der Waals surface area contributed by atoms with Crippen molar-refractivity contribution in [2.24, 2.45) is 0 Å². The molecule has 0 radical (unpaired) electrons. The summed E-state index contributed by atoms with van der Waals surface area (Å²) in [4.78, 5) is 4.05. The minimum Gasteiger partial charge on any atom is -0.492 e. The normalized spacial score (nSPS) is 11.2. The standard InChI is InChI=1S/C14H17N3O3S/c15-12-4-3-6-14(10-12)20-8-9-21(18,19)17-11-13-5-1-2-7-16-13/h1-7,10,17H,8-9,11,15H2. The van der Waals surface area contributed by atoms with Gasteiger partial charge in [-0.1, -0.05) is 12.1 Å². The summed E-state index contributed by atoms with van der Waals surface area (Å²) >= 11 is 0. The van der Waals surface area contributed by atoms with Crippen LogP contribution in [-0.2, 0) is 16.6 Å². The lowest BCUT2D eigenvalue weighted by molar-refractivity contribution is 0.340. The van der Waals surface area contributed by atoms with Crippen LogP contribution in [0.5, 0.6) is 5.75 Å². The Morgan fingerprint density at radius 3 is 2.76 bits per heavy atom. The van der Waals surface area contributed by atoms with Crippen molar-refractivity contribution < 1.29 is 13.2 Å². The number of nitrogens with one attached hydrogen (secondary N) is 1. The fourth-order valence-corrected chi connectivity index (χ4v) is 2.45. The molecule has 112 valence electrons. The molecule has 0 saturated carbocycles. The molecule has 1 aromatic carbocycles. The SMILES string of the molecule is Nc1cccc(OCCS(=O)(=O)NCc2ccccn2)c1. The van der Waals surface area contributed by atoms with Gasteiger partial charge in [0.15, 0.2) is 0 Å². The van der Waals surface area contributed by atoms with Crippen LogP contribution in [0.4, 0.5) is 5.69 Å². The zero-order chi connectivity index (χ0) is 15.1. The highest BCUT2D eigenvalue weighted by molar-refractivity contribution is 7.89. The molecule has 0 aliphatic carbocycles. The van der Waals surface area contributed by atoms with Crippen molar-refractivity contribution in [3.05, 3.63) is 54.4 Å². The maximum atomic E-state index is 11.8. The van der Waals surface area contributed by atoms with Crippen molar-refractivity contribution in [2.45, 2.75) is 6.54 Å². The smallest absolute Gasteiger partial charge is 0.215 e. The van der Waals surface area contributed by atoms with E-state index in [1.807, 2.05) is 0 Å². The van der Waals surface area contributed by atoms with Gasteiger partial charge in [-0.05, 0) is 24.3 Å². The Kier molecular flexibility index (Phi) is 5.13. The van der Waals surface area contributed by atoms with Crippen LogP contribution in [-0.4, -0.2) is 25.8 Å². The number of benzene rings is 1. The average Bonchev–Trinajstić information content (AvgIpc) is 2.46. The molecule has 21 heavy (non-hydrogen) atoms. The molecule has 2 aromatic rings. The summed E-state index contributed by atoms with van der Waals surface area (Å²) in [6.45, 7) is 0.225. The number of ether oxygens (including phenoxy) is 1. The summed E-state index contributed by atoms with van der Waals surface area (Å²) in [7, 11) is -3.41. The molecule has 1 aromatic heterocycles. The van der Waals surface area contributed by atoms with Gasteiger partial charge in [0.2, 0.25) is 10.0 Å². The molecule has 1 heterocycles. The highest BCUT2D eigenvalue weighted by Crippen LogP contribution is 2.14. The van der Waals surface area contributed by atoms with Crippen LogP contribution in [0.2, 0.25) is 0 Å². The largest absolute Gasteiger partial charge is 0.492 e. The molecule has 0 fully saturated rings. The molecule has 2 rings (SSSR count). The number of nitrogens with zero attached hydrogens (tertiary/aromatic N) is 1. The second-order valence-electron chi connectivity index (χ2n) is 4.38. The van der Waals surface area contributed by atoms with Gasteiger partial charge < -0.3 is 10.5 Å². The van der Waals surface area contributed by atoms with E-state index < -0.39 is 10.0 Å². The first kappa shape index (κ1) is 15.3. The molecular formula is C14H17N3O3S. The van der Waals surface area contributed by atoms with Crippen LogP contribution in [0.3, 0.4) is 0 Å². The van der Waals surface area contributed by atoms with E-state index in [9.17, 15) is 8.42 Å². The lowest BCUT2D eigenvalue weighted by Crippen LogP contribution is -2.28. The summed E-state index contributed by atoms with van der Waals surface area (Å²) in [6.07, 6.45) is 1.62. The summed E-state index contributed by atoms with van der Waals surface area (Å²) in [5.41, 5.74) is 6.85. The van der Waals surface area contributed by atoms with Gasteiger partial charge in [0.05, 0.1) is 18.0 Å². The molecule has 0 atom stereocenters. The Labute approximate surface area is 124 Å². The Balaban J connectivity index is 1.79. The molecule has 0 spiro atoms. The van der Waals surface area contributed by atoms with E-state index in [2.05, 4.69) is 9.71 Å². The molecule has 0 amide bonds. The highest BCUT2D eigenvalue weighted by Gasteiger charge is 2.10. The Morgan fingerprint density at radius 1 is 1.19 bits per heavy atom. The predicted molar refractivity (Wildman–Crippen MR) is 81.2 cm³/mol. The van der Waals surface area contributed by atoms with E-state index in [0.29, 0.717) is 17.1 Å². The van der Waals surface area contributed by atoms with Crippen LogP contribution in [0.1, 0.15) is 5.69 Å². The first-order valence-electron chi connectivity index (χ1n) is 6.41. The molecule has 6 nitrogen and oxygen atoms in total. The summed E-state index contributed by atoms with van der Waals surface area (Å²) in [5.74, 6) is 0.421. The third kappa shape index (κ3) is 5.41. The van der Waals surface area contributed by atoms with E-state index in [1.54, 1.807) is 48.7 Å². The van der Waals surface area contributed by atoms with Crippen LogP contribution < -0.4 is 15.2 Å². The summed E-state index contributed by atoms with van der Waals surface area (Å²) in [5, 5.41) is 0. The minimum absolute atomic E-state index is 0.0566. The van der Waals surface area contributed by atoms with Crippen molar-refractivity contribution in [2.75, 3.05) is 18.1 Å². The maximum Gasteiger partial charge on any atom is 0.215 e. The third-order valence-electron chi connectivity index (χ3n) is 2.68. The van der Waals surface area contributed by atoms with Gasteiger partial charge in [-0.3, -0.25) is 4.98 Å². The van der Waals surface area contributed by atoms with E-state index in [-0.39, 0.29) is 18.9 Å². The Hall–Kier alpha value is -2.12. The van der Waals surface area contributed by atoms with Crippen molar-refractivity contribution in [1.82, 2.24) is 9.71 Å². The number of aromatic nitrogens is 1. The number of hydrogen-bond donors (Lipinski definition) is 2. The van der Waals surface area contributed by atoms with Crippen LogP contribution in [0.15, 0.2) is 48.7 Å². The van der Waals surface area contributed by atoms with E-state index in [4.69, 9.17) is 10.5 Å². The number of anilines is 1.